The zero-order valence-corrected chi connectivity index (χ0v) is 11.1. The molecular weight excluding hydrogens is 261 g/mol. The van der Waals surface area contributed by atoms with Crippen LogP contribution in [0.4, 0.5) is 0 Å². The predicted octanol–water partition coefficient (Wildman–Crippen LogP) is 3.51. The number of hydrogen-bond donors (Lipinski definition) is 2. The SMILES string of the molecule is CCC(NCCC(=O)O)c1ccc(Cl)c(Cl)c1. The number of carbonyl (C=O) groups is 1. The van der Waals surface area contributed by atoms with Crippen LogP contribution < -0.4 is 5.32 Å². The Bertz CT molecular complexity index is 396. The number of hydrogen-bond acceptors (Lipinski definition) is 2. The fourth-order valence-corrected chi connectivity index (χ4v) is 1.89. The van der Waals surface area contributed by atoms with Crippen molar-refractivity contribution < 1.29 is 9.90 Å². The minimum absolute atomic E-state index is 0.101. The summed E-state index contributed by atoms with van der Waals surface area (Å²) in [5.74, 6) is -0.804. The molecule has 0 aliphatic carbocycles. The lowest BCUT2D eigenvalue weighted by Crippen LogP contribution is -2.23. The van der Waals surface area contributed by atoms with Gasteiger partial charge in [-0.05, 0) is 24.1 Å². The fourth-order valence-electron chi connectivity index (χ4n) is 1.58. The second-order valence-corrected chi connectivity index (χ2v) is 4.55. The van der Waals surface area contributed by atoms with E-state index in [1.807, 2.05) is 19.1 Å². The van der Waals surface area contributed by atoms with E-state index < -0.39 is 5.97 Å². The third-order valence-corrected chi connectivity index (χ3v) is 3.22. The average Bonchev–Trinajstić information content (AvgIpc) is 2.28. The van der Waals surface area contributed by atoms with Gasteiger partial charge in [-0.25, -0.2) is 0 Å². The third kappa shape index (κ3) is 4.54. The summed E-state index contributed by atoms with van der Waals surface area (Å²) in [6.45, 7) is 2.47. The lowest BCUT2D eigenvalue weighted by molar-refractivity contribution is -0.136. The molecule has 0 radical (unpaired) electrons. The summed E-state index contributed by atoms with van der Waals surface area (Å²) in [7, 11) is 0. The Kier molecular flexibility index (Phi) is 5.75. The number of aliphatic carboxylic acids is 1. The first-order valence-corrected chi connectivity index (χ1v) is 6.20. The molecule has 0 saturated carbocycles. The van der Waals surface area contributed by atoms with Gasteiger partial charge in [0.2, 0.25) is 0 Å². The second kappa shape index (κ2) is 6.84. The highest BCUT2D eigenvalue weighted by Crippen LogP contribution is 2.26. The Labute approximate surface area is 111 Å². The lowest BCUT2D eigenvalue weighted by Gasteiger charge is -2.17. The standard InChI is InChI=1S/C12H15Cl2NO2/c1-2-11(15-6-5-12(16)17)8-3-4-9(13)10(14)7-8/h3-4,7,11,15H,2,5-6H2,1H3,(H,16,17). The molecule has 3 nitrogen and oxygen atoms in total. The molecule has 0 aromatic heterocycles. The topological polar surface area (TPSA) is 49.3 Å². The molecular formula is C12H15Cl2NO2. The molecule has 0 aliphatic rings. The van der Waals surface area contributed by atoms with Gasteiger partial charge in [0.1, 0.15) is 0 Å². The quantitative estimate of drug-likeness (QED) is 0.835. The number of benzene rings is 1. The van der Waals surface area contributed by atoms with E-state index in [1.54, 1.807) is 6.07 Å². The highest BCUT2D eigenvalue weighted by Gasteiger charge is 2.10. The van der Waals surface area contributed by atoms with E-state index in [9.17, 15) is 4.79 Å². The first-order chi connectivity index (χ1) is 8.04. The summed E-state index contributed by atoms with van der Waals surface area (Å²) < 4.78 is 0. The Balaban J connectivity index is 2.65. The van der Waals surface area contributed by atoms with Crippen molar-refractivity contribution >= 4 is 29.2 Å². The predicted molar refractivity (Wildman–Crippen MR) is 69.7 cm³/mol. The summed E-state index contributed by atoms with van der Waals surface area (Å²) >= 11 is 11.8. The van der Waals surface area contributed by atoms with E-state index in [0.717, 1.165) is 12.0 Å². The molecule has 1 unspecified atom stereocenters. The molecule has 0 spiro atoms. The van der Waals surface area contributed by atoms with Crippen molar-refractivity contribution in [3.05, 3.63) is 33.8 Å². The summed E-state index contributed by atoms with van der Waals surface area (Å²) in [4.78, 5) is 10.4. The number of rotatable bonds is 6. The van der Waals surface area contributed by atoms with Crippen LogP contribution >= 0.6 is 23.2 Å². The molecule has 0 bridgehead atoms. The maximum atomic E-state index is 10.4. The smallest absolute Gasteiger partial charge is 0.304 e. The number of halogens is 2. The molecule has 0 aliphatic heterocycles. The van der Waals surface area contributed by atoms with Crippen LogP contribution in [0.3, 0.4) is 0 Å². The van der Waals surface area contributed by atoms with Crippen LogP contribution in [0.5, 0.6) is 0 Å². The Hall–Kier alpha value is -0.770. The van der Waals surface area contributed by atoms with E-state index in [0.29, 0.717) is 16.6 Å². The average molecular weight is 276 g/mol. The molecule has 94 valence electrons. The van der Waals surface area contributed by atoms with Crippen LogP contribution in [0.2, 0.25) is 10.0 Å². The molecule has 17 heavy (non-hydrogen) atoms. The molecule has 5 heteroatoms. The van der Waals surface area contributed by atoms with Crippen LogP contribution in [0.1, 0.15) is 31.4 Å². The fraction of sp³-hybridized carbons (Fsp3) is 0.417. The van der Waals surface area contributed by atoms with Gasteiger partial charge in [-0.3, -0.25) is 4.79 Å². The van der Waals surface area contributed by atoms with Gasteiger partial charge < -0.3 is 10.4 Å². The van der Waals surface area contributed by atoms with Gasteiger partial charge in [0.15, 0.2) is 0 Å². The molecule has 0 fully saturated rings. The first-order valence-electron chi connectivity index (χ1n) is 5.44. The summed E-state index contributed by atoms with van der Waals surface area (Å²) in [6.07, 6.45) is 0.968. The normalized spacial score (nSPS) is 12.4. The van der Waals surface area contributed by atoms with Crippen molar-refractivity contribution in [2.24, 2.45) is 0 Å². The number of nitrogens with one attached hydrogen (secondary N) is 1. The molecule has 1 rings (SSSR count). The van der Waals surface area contributed by atoms with Crippen molar-refractivity contribution in [2.45, 2.75) is 25.8 Å². The third-order valence-electron chi connectivity index (χ3n) is 2.48. The van der Waals surface area contributed by atoms with E-state index in [1.165, 1.54) is 0 Å². The van der Waals surface area contributed by atoms with E-state index in [4.69, 9.17) is 28.3 Å². The van der Waals surface area contributed by atoms with Crippen molar-refractivity contribution in [3.8, 4) is 0 Å². The van der Waals surface area contributed by atoms with Crippen LogP contribution in [0.15, 0.2) is 18.2 Å². The van der Waals surface area contributed by atoms with E-state index in [-0.39, 0.29) is 12.5 Å². The Morgan fingerprint density at radius 2 is 2.12 bits per heavy atom. The van der Waals surface area contributed by atoms with Crippen LogP contribution in [0.25, 0.3) is 0 Å². The van der Waals surface area contributed by atoms with Crippen LogP contribution in [-0.4, -0.2) is 17.6 Å². The monoisotopic (exact) mass is 275 g/mol. The van der Waals surface area contributed by atoms with Gasteiger partial charge in [0.05, 0.1) is 16.5 Å². The van der Waals surface area contributed by atoms with Gasteiger partial charge >= 0.3 is 5.97 Å². The van der Waals surface area contributed by atoms with Crippen LogP contribution in [-0.2, 0) is 4.79 Å². The van der Waals surface area contributed by atoms with Crippen molar-refractivity contribution in [1.82, 2.24) is 5.32 Å². The largest absolute Gasteiger partial charge is 0.481 e. The number of carboxylic acids is 1. The molecule has 0 saturated heterocycles. The van der Waals surface area contributed by atoms with Crippen LogP contribution in [0, 0.1) is 0 Å². The molecule has 2 N–H and O–H groups in total. The van der Waals surface area contributed by atoms with E-state index in [2.05, 4.69) is 5.32 Å². The second-order valence-electron chi connectivity index (χ2n) is 3.73. The highest BCUT2D eigenvalue weighted by atomic mass is 35.5. The van der Waals surface area contributed by atoms with E-state index >= 15 is 0 Å². The van der Waals surface area contributed by atoms with Crippen molar-refractivity contribution in [1.29, 1.82) is 0 Å². The zero-order valence-electron chi connectivity index (χ0n) is 9.54. The minimum Gasteiger partial charge on any atom is -0.481 e. The minimum atomic E-state index is -0.804. The van der Waals surface area contributed by atoms with Crippen molar-refractivity contribution in [2.75, 3.05) is 6.54 Å². The Morgan fingerprint density at radius 3 is 2.65 bits per heavy atom. The van der Waals surface area contributed by atoms with Gasteiger partial charge in [-0.15, -0.1) is 0 Å². The van der Waals surface area contributed by atoms with Gasteiger partial charge in [-0.1, -0.05) is 36.2 Å². The van der Waals surface area contributed by atoms with Gasteiger partial charge in [0.25, 0.3) is 0 Å². The van der Waals surface area contributed by atoms with Gasteiger partial charge in [-0.2, -0.15) is 0 Å². The first kappa shape index (κ1) is 14.3. The maximum absolute atomic E-state index is 10.4. The highest BCUT2D eigenvalue weighted by molar-refractivity contribution is 6.42. The molecule has 1 aromatic carbocycles. The summed E-state index contributed by atoms with van der Waals surface area (Å²) in [5, 5.41) is 12.8. The lowest BCUT2D eigenvalue weighted by atomic mass is 10.0. The zero-order chi connectivity index (χ0) is 12.8. The van der Waals surface area contributed by atoms with Gasteiger partial charge in [0, 0.05) is 12.6 Å². The molecule has 0 heterocycles. The molecule has 0 amide bonds. The Morgan fingerprint density at radius 1 is 1.41 bits per heavy atom. The summed E-state index contributed by atoms with van der Waals surface area (Å²) in [5.41, 5.74) is 1.02. The number of carboxylic acid groups (broad SMARTS) is 1. The maximum Gasteiger partial charge on any atom is 0.304 e. The molecule has 1 aromatic rings. The molecule has 1 atom stereocenters. The van der Waals surface area contributed by atoms with Crippen molar-refractivity contribution in [3.63, 3.8) is 0 Å². The summed E-state index contributed by atoms with van der Waals surface area (Å²) in [6, 6.07) is 5.56.